The van der Waals surface area contributed by atoms with Crippen LogP contribution in [0.2, 0.25) is 0 Å². The van der Waals surface area contributed by atoms with Gasteiger partial charge in [0.05, 0.1) is 13.2 Å². The van der Waals surface area contributed by atoms with Crippen molar-refractivity contribution in [2.75, 3.05) is 7.11 Å². The molecule has 0 atom stereocenters. The zero-order valence-corrected chi connectivity index (χ0v) is 16.2. The number of nitrogens with zero attached hydrogens (tertiary/aromatic N) is 1. The largest absolute Gasteiger partial charge is 0.493 e. The first-order valence-electron chi connectivity index (χ1n) is 9.86. The molecular weight excluding hydrogens is 346 g/mol. The molecule has 0 spiro atoms. The van der Waals surface area contributed by atoms with E-state index in [0.717, 1.165) is 46.6 Å². The molecule has 1 aliphatic carbocycles. The average Bonchev–Trinajstić information content (AvgIpc) is 3.26. The first kappa shape index (κ1) is 18.3. The summed E-state index contributed by atoms with van der Waals surface area (Å²) in [7, 11) is 1.69. The van der Waals surface area contributed by atoms with Gasteiger partial charge in [0.2, 0.25) is 0 Å². The molecule has 1 aliphatic rings. The molecule has 3 aromatic rings. The van der Waals surface area contributed by atoms with Crippen LogP contribution in [-0.4, -0.2) is 18.2 Å². The monoisotopic (exact) mass is 371 g/mol. The molecule has 1 fully saturated rings. The highest BCUT2D eigenvalue weighted by Crippen LogP contribution is 2.36. The lowest BCUT2D eigenvalue weighted by molar-refractivity contribution is 0.201. The summed E-state index contributed by atoms with van der Waals surface area (Å²) in [5.41, 5.74) is 4.45. The number of methoxy groups -OCH3 is 1. The van der Waals surface area contributed by atoms with E-state index >= 15 is 0 Å². The van der Waals surface area contributed by atoms with Crippen LogP contribution in [0.1, 0.15) is 42.4 Å². The van der Waals surface area contributed by atoms with Crippen LogP contribution >= 0.6 is 0 Å². The molecule has 4 rings (SSSR count). The van der Waals surface area contributed by atoms with Crippen LogP contribution in [0, 0.1) is 0 Å². The zero-order chi connectivity index (χ0) is 19.2. The van der Waals surface area contributed by atoms with Gasteiger partial charge in [0.25, 0.3) is 0 Å². The predicted octanol–water partition coefficient (Wildman–Crippen LogP) is 6.00. The molecule has 1 heterocycles. The number of aromatic nitrogens is 1. The molecule has 0 saturated heterocycles. The summed E-state index contributed by atoms with van der Waals surface area (Å²) in [4.78, 5) is 4.25. The number of pyridine rings is 1. The average molecular weight is 371 g/mol. The van der Waals surface area contributed by atoms with Crippen molar-refractivity contribution in [3.8, 4) is 11.5 Å². The summed E-state index contributed by atoms with van der Waals surface area (Å²) in [6.45, 7) is 0. The molecular formula is C25H25NO2. The Morgan fingerprint density at radius 2 is 1.75 bits per heavy atom. The normalized spacial score (nSPS) is 14.8. The fourth-order valence-electron chi connectivity index (χ4n) is 3.70. The van der Waals surface area contributed by atoms with Gasteiger partial charge in [-0.15, -0.1) is 0 Å². The molecule has 2 aromatic carbocycles. The topological polar surface area (TPSA) is 31.4 Å². The van der Waals surface area contributed by atoms with Gasteiger partial charge in [0.1, 0.15) is 0 Å². The van der Waals surface area contributed by atoms with E-state index in [-0.39, 0.29) is 6.10 Å². The van der Waals surface area contributed by atoms with Crippen LogP contribution in [0.5, 0.6) is 11.5 Å². The van der Waals surface area contributed by atoms with Crippen molar-refractivity contribution in [3.63, 3.8) is 0 Å². The second-order valence-electron chi connectivity index (χ2n) is 7.10. The van der Waals surface area contributed by atoms with Gasteiger partial charge in [-0.1, -0.05) is 42.5 Å². The fourth-order valence-corrected chi connectivity index (χ4v) is 3.70. The summed E-state index contributed by atoms with van der Waals surface area (Å²) < 4.78 is 11.9. The van der Waals surface area contributed by atoms with Gasteiger partial charge in [-0.25, -0.2) is 0 Å². The SMILES string of the molecule is COc1ccc(/C(=C/c2cccnc2)c2ccccc2)cc1OC1CCCC1. The van der Waals surface area contributed by atoms with Gasteiger partial charge >= 0.3 is 0 Å². The van der Waals surface area contributed by atoms with Crippen molar-refractivity contribution < 1.29 is 9.47 Å². The first-order chi connectivity index (χ1) is 13.8. The highest BCUT2D eigenvalue weighted by molar-refractivity contribution is 5.91. The molecule has 0 unspecified atom stereocenters. The van der Waals surface area contributed by atoms with Crippen molar-refractivity contribution in [2.24, 2.45) is 0 Å². The maximum Gasteiger partial charge on any atom is 0.162 e. The lowest BCUT2D eigenvalue weighted by Gasteiger charge is -2.18. The molecule has 0 radical (unpaired) electrons. The van der Waals surface area contributed by atoms with E-state index in [0.29, 0.717) is 0 Å². The molecule has 28 heavy (non-hydrogen) atoms. The van der Waals surface area contributed by atoms with Gasteiger partial charge in [0, 0.05) is 12.4 Å². The Morgan fingerprint density at radius 1 is 0.929 bits per heavy atom. The van der Waals surface area contributed by atoms with E-state index in [4.69, 9.17) is 9.47 Å². The summed E-state index contributed by atoms with van der Waals surface area (Å²) in [6.07, 6.45) is 10.8. The third kappa shape index (κ3) is 4.25. The van der Waals surface area contributed by atoms with Crippen LogP contribution in [0.25, 0.3) is 11.6 Å². The zero-order valence-electron chi connectivity index (χ0n) is 16.2. The Morgan fingerprint density at radius 3 is 2.46 bits per heavy atom. The van der Waals surface area contributed by atoms with Crippen LogP contribution in [0.4, 0.5) is 0 Å². The first-order valence-corrected chi connectivity index (χ1v) is 9.86. The number of ether oxygens (including phenoxy) is 2. The number of hydrogen-bond acceptors (Lipinski definition) is 3. The Kier molecular flexibility index (Phi) is 5.72. The molecule has 0 amide bonds. The van der Waals surface area contributed by atoms with E-state index in [2.05, 4.69) is 53.5 Å². The number of rotatable bonds is 6. The van der Waals surface area contributed by atoms with Gasteiger partial charge in [-0.3, -0.25) is 4.98 Å². The van der Waals surface area contributed by atoms with E-state index in [1.807, 2.05) is 24.4 Å². The highest BCUT2D eigenvalue weighted by atomic mass is 16.5. The lowest BCUT2D eigenvalue weighted by Crippen LogP contribution is -2.11. The molecule has 142 valence electrons. The number of benzene rings is 2. The van der Waals surface area contributed by atoms with Gasteiger partial charge < -0.3 is 9.47 Å². The Labute approximate surface area is 166 Å². The van der Waals surface area contributed by atoms with E-state index in [1.54, 1.807) is 13.3 Å². The minimum Gasteiger partial charge on any atom is -0.493 e. The molecule has 1 saturated carbocycles. The Bertz CT molecular complexity index is 929. The minimum atomic E-state index is 0.284. The van der Waals surface area contributed by atoms with Gasteiger partial charge in [-0.2, -0.15) is 0 Å². The standard InChI is InChI=1S/C25H25NO2/c1-27-24-14-13-21(17-25(24)28-22-11-5-6-12-22)23(20-9-3-2-4-10-20)16-19-8-7-15-26-18-19/h2-4,7-10,13-18,22H,5-6,11-12H2,1H3/b23-16+. The molecule has 3 heteroatoms. The van der Waals surface area contributed by atoms with Gasteiger partial charge in [0.15, 0.2) is 11.5 Å². The number of hydrogen-bond donors (Lipinski definition) is 0. The van der Waals surface area contributed by atoms with Crippen LogP contribution in [0.3, 0.4) is 0 Å². The van der Waals surface area contributed by atoms with Crippen molar-refractivity contribution in [3.05, 3.63) is 89.7 Å². The Hall–Kier alpha value is -3.07. The highest BCUT2D eigenvalue weighted by Gasteiger charge is 2.19. The van der Waals surface area contributed by atoms with Crippen LogP contribution < -0.4 is 9.47 Å². The molecule has 1 aromatic heterocycles. The Balaban J connectivity index is 1.76. The summed E-state index contributed by atoms with van der Waals surface area (Å²) >= 11 is 0. The van der Waals surface area contributed by atoms with E-state index in [9.17, 15) is 0 Å². The predicted molar refractivity (Wildman–Crippen MR) is 114 cm³/mol. The van der Waals surface area contributed by atoms with E-state index < -0.39 is 0 Å². The maximum absolute atomic E-state index is 6.31. The van der Waals surface area contributed by atoms with Gasteiger partial charge in [-0.05, 0) is 72.2 Å². The summed E-state index contributed by atoms with van der Waals surface area (Å²) in [5.74, 6) is 1.60. The minimum absolute atomic E-state index is 0.284. The molecule has 0 N–H and O–H groups in total. The van der Waals surface area contributed by atoms with Crippen molar-refractivity contribution >= 4 is 11.6 Å². The molecule has 0 bridgehead atoms. The van der Waals surface area contributed by atoms with Crippen LogP contribution in [-0.2, 0) is 0 Å². The van der Waals surface area contributed by atoms with Crippen molar-refractivity contribution in [1.82, 2.24) is 4.98 Å². The third-order valence-electron chi connectivity index (χ3n) is 5.15. The fraction of sp³-hybridized carbons (Fsp3) is 0.240. The van der Waals surface area contributed by atoms with Crippen molar-refractivity contribution in [2.45, 2.75) is 31.8 Å². The third-order valence-corrected chi connectivity index (χ3v) is 5.15. The molecule has 0 aliphatic heterocycles. The molecule has 3 nitrogen and oxygen atoms in total. The van der Waals surface area contributed by atoms with Crippen molar-refractivity contribution in [1.29, 1.82) is 0 Å². The summed E-state index contributed by atoms with van der Waals surface area (Å²) in [6, 6.07) is 20.6. The second-order valence-corrected chi connectivity index (χ2v) is 7.10. The van der Waals surface area contributed by atoms with E-state index in [1.165, 1.54) is 12.8 Å². The smallest absolute Gasteiger partial charge is 0.162 e. The maximum atomic E-state index is 6.31. The summed E-state index contributed by atoms with van der Waals surface area (Å²) in [5, 5.41) is 0. The van der Waals surface area contributed by atoms with Crippen LogP contribution in [0.15, 0.2) is 73.1 Å². The quantitative estimate of drug-likeness (QED) is 0.532. The lowest BCUT2D eigenvalue weighted by atomic mass is 9.95. The second kappa shape index (κ2) is 8.75.